The fourth-order valence-electron chi connectivity index (χ4n) is 2.73. The number of carbonyl (C=O) groups excluding carboxylic acids is 1. The summed E-state index contributed by atoms with van der Waals surface area (Å²) in [5.41, 5.74) is 3.03. The molecular weight excluding hydrogens is 290 g/mol. The van der Waals surface area contributed by atoms with Gasteiger partial charge < -0.3 is 14.0 Å². The Kier molecular flexibility index (Phi) is 4.33. The van der Waals surface area contributed by atoms with E-state index in [4.69, 9.17) is 9.47 Å². The summed E-state index contributed by atoms with van der Waals surface area (Å²) < 4.78 is 12.4. The topological polar surface area (TPSA) is 40.5 Å². The Balaban J connectivity index is 2.14. The zero-order chi connectivity index (χ0) is 16.2. The minimum atomic E-state index is -0.238. The van der Waals surface area contributed by atoms with Crippen LogP contribution in [0, 0.1) is 0 Å². The molecule has 1 aromatic heterocycles. The van der Waals surface area contributed by atoms with Gasteiger partial charge in [-0.15, -0.1) is 0 Å². The lowest BCUT2D eigenvalue weighted by Crippen LogP contribution is -2.14. The van der Waals surface area contributed by atoms with Crippen LogP contribution in [-0.4, -0.2) is 24.3 Å². The maximum absolute atomic E-state index is 12.0. The molecule has 0 spiro atoms. The monoisotopic (exact) mass is 309 g/mol. The highest BCUT2D eigenvalue weighted by molar-refractivity contribution is 5.89. The third kappa shape index (κ3) is 3.06. The highest BCUT2D eigenvalue weighted by atomic mass is 16.5. The van der Waals surface area contributed by atoms with Gasteiger partial charge >= 0.3 is 5.97 Å². The van der Waals surface area contributed by atoms with Crippen molar-refractivity contribution in [1.29, 1.82) is 0 Å². The van der Waals surface area contributed by atoms with Crippen molar-refractivity contribution in [2.45, 2.75) is 13.5 Å². The molecule has 0 saturated carbocycles. The first-order chi connectivity index (χ1) is 11.2. The highest BCUT2D eigenvalue weighted by Crippen LogP contribution is 2.30. The number of aromatic nitrogens is 1. The number of fused-ring (bicyclic) bond motifs is 1. The summed E-state index contributed by atoms with van der Waals surface area (Å²) in [7, 11) is 1.65. The molecule has 0 fully saturated rings. The summed E-state index contributed by atoms with van der Waals surface area (Å²) in [5, 5.41) is 1.03. The lowest BCUT2D eigenvalue weighted by molar-refractivity contribution is -0.143. The van der Waals surface area contributed by atoms with Gasteiger partial charge in [-0.3, -0.25) is 4.79 Å². The lowest BCUT2D eigenvalue weighted by Gasteiger charge is -2.10. The molecule has 0 amide bonds. The zero-order valence-electron chi connectivity index (χ0n) is 13.3. The second-order valence-electron chi connectivity index (χ2n) is 5.21. The van der Waals surface area contributed by atoms with E-state index in [2.05, 4.69) is 6.07 Å². The van der Waals surface area contributed by atoms with Crippen LogP contribution in [0.25, 0.3) is 22.2 Å². The normalized spacial score (nSPS) is 10.7. The largest absolute Gasteiger partial charge is 0.497 e. The van der Waals surface area contributed by atoms with Crippen molar-refractivity contribution < 1.29 is 14.3 Å². The number of hydrogen-bond acceptors (Lipinski definition) is 3. The SMILES string of the molecule is CCOC(=O)Cn1c(-c2ccccc2)cc2cc(OC)ccc21. The summed E-state index contributed by atoms with van der Waals surface area (Å²) in [4.78, 5) is 12.0. The third-order valence-corrected chi connectivity index (χ3v) is 3.77. The van der Waals surface area contributed by atoms with E-state index in [1.54, 1.807) is 7.11 Å². The first kappa shape index (κ1) is 15.2. The van der Waals surface area contributed by atoms with Crippen molar-refractivity contribution in [2.24, 2.45) is 0 Å². The minimum Gasteiger partial charge on any atom is -0.497 e. The van der Waals surface area contributed by atoms with Crippen molar-refractivity contribution in [2.75, 3.05) is 13.7 Å². The Bertz CT molecular complexity index is 821. The van der Waals surface area contributed by atoms with Crippen LogP contribution in [0.4, 0.5) is 0 Å². The number of hydrogen-bond donors (Lipinski definition) is 0. The summed E-state index contributed by atoms with van der Waals surface area (Å²) in [6, 6.07) is 17.9. The predicted octanol–water partition coefficient (Wildman–Crippen LogP) is 3.88. The molecule has 4 heteroatoms. The fourth-order valence-corrected chi connectivity index (χ4v) is 2.73. The van der Waals surface area contributed by atoms with E-state index >= 15 is 0 Å². The molecule has 0 aliphatic rings. The van der Waals surface area contributed by atoms with E-state index < -0.39 is 0 Å². The van der Waals surface area contributed by atoms with E-state index in [0.29, 0.717) is 6.61 Å². The van der Waals surface area contributed by atoms with Crippen LogP contribution in [0.3, 0.4) is 0 Å². The molecule has 0 N–H and O–H groups in total. The van der Waals surface area contributed by atoms with Crippen LogP contribution >= 0.6 is 0 Å². The number of nitrogens with zero attached hydrogens (tertiary/aromatic N) is 1. The first-order valence-electron chi connectivity index (χ1n) is 7.61. The predicted molar refractivity (Wildman–Crippen MR) is 90.6 cm³/mol. The Morgan fingerprint density at radius 2 is 1.87 bits per heavy atom. The van der Waals surface area contributed by atoms with E-state index in [9.17, 15) is 4.79 Å². The van der Waals surface area contributed by atoms with Crippen LogP contribution in [0.15, 0.2) is 54.6 Å². The van der Waals surface area contributed by atoms with Crippen molar-refractivity contribution in [3.63, 3.8) is 0 Å². The number of ether oxygens (including phenoxy) is 2. The quantitative estimate of drug-likeness (QED) is 0.672. The average molecular weight is 309 g/mol. The molecule has 2 aromatic carbocycles. The smallest absolute Gasteiger partial charge is 0.325 e. The van der Waals surface area contributed by atoms with Crippen LogP contribution in [0.1, 0.15) is 6.92 Å². The van der Waals surface area contributed by atoms with Crippen molar-refractivity contribution >= 4 is 16.9 Å². The molecule has 118 valence electrons. The molecule has 0 atom stereocenters. The molecule has 3 rings (SSSR count). The van der Waals surface area contributed by atoms with Gasteiger partial charge in [0.25, 0.3) is 0 Å². The van der Waals surface area contributed by atoms with Gasteiger partial charge in [-0.2, -0.15) is 0 Å². The van der Waals surface area contributed by atoms with E-state index in [1.807, 2.05) is 60.0 Å². The summed E-state index contributed by atoms with van der Waals surface area (Å²) >= 11 is 0. The molecule has 0 saturated heterocycles. The minimum absolute atomic E-state index is 0.188. The molecule has 23 heavy (non-hydrogen) atoms. The molecule has 1 heterocycles. The van der Waals surface area contributed by atoms with Crippen molar-refractivity contribution in [3.05, 3.63) is 54.6 Å². The van der Waals surface area contributed by atoms with Crippen LogP contribution in [-0.2, 0) is 16.1 Å². The second kappa shape index (κ2) is 6.57. The molecular formula is C19H19NO3. The van der Waals surface area contributed by atoms with E-state index in [-0.39, 0.29) is 12.5 Å². The second-order valence-corrected chi connectivity index (χ2v) is 5.21. The van der Waals surface area contributed by atoms with Crippen LogP contribution in [0.2, 0.25) is 0 Å². The average Bonchev–Trinajstić information content (AvgIpc) is 2.93. The first-order valence-corrected chi connectivity index (χ1v) is 7.61. The summed E-state index contributed by atoms with van der Waals surface area (Å²) in [6.45, 7) is 2.38. The maximum atomic E-state index is 12.0. The Hall–Kier alpha value is -2.75. The van der Waals surface area contributed by atoms with Gasteiger partial charge in [0.2, 0.25) is 0 Å². The number of methoxy groups -OCH3 is 1. The van der Waals surface area contributed by atoms with Gasteiger partial charge in [0.15, 0.2) is 0 Å². The number of carbonyl (C=O) groups is 1. The summed E-state index contributed by atoms with van der Waals surface area (Å²) in [5.74, 6) is 0.559. The highest BCUT2D eigenvalue weighted by Gasteiger charge is 2.14. The molecule has 0 aliphatic heterocycles. The Morgan fingerprint density at radius 1 is 1.09 bits per heavy atom. The number of benzene rings is 2. The van der Waals surface area contributed by atoms with Gasteiger partial charge in [-0.05, 0) is 36.8 Å². The van der Waals surface area contributed by atoms with Gasteiger partial charge in [0.1, 0.15) is 12.3 Å². The molecule has 0 bridgehead atoms. The van der Waals surface area contributed by atoms with E-state index in [0.717, 1.165) is 27.9 Å². The molecule has 0 radical (unpaired) electrons. The zero-order valence-corrected chi connectivity index (χ0v) is 13.3. The molecule has 0 unspecified atom stereocenters. The van der Waals surface area contributed by atoms with Gasteiger partial charge in [-0.25, -0.2) is 0 Å². The standard InChI is InChI=1S/C19H19NO3/c1-3-23-19(21)13-20-17-10-9-16(22-2)11-15(17)12-18(20)14-7-5-4-6-8-14/h4-12H,3,13H2,1-2H3. The molecule has 0 aliphatic carbocycles. The van der Waals surface area contributed by atoms with Crippen LogP contribution < -0.4 is 4.74 Å². The van der Waals surface area contributed by atoms with Gasteiger partial charge in [-0.1, -0.05) is 30.3 Å². The number of esters is 1. The fraction of sp³-hybridized carbons (Fsp3) is 0.211. The van der Waals surface area contributed by atoms with Crippen molar-refractivity contribution in [1.82, 2.24) is 4.57 Å². The lowest BCUT2D eigenvalue weighted by atomic mass is 10.1. The summed E-state index contributed by atoms with van der Waals surface area (Å²) in [6.07, 6.45) is 0. The van der Waals surface area contributed by atoms with Crippen LogP contribution in [0.5, 0.6) is 5.75 Å². The third-order valence-electron chi connectivity index (χ3n) is 3.77. The van der Waals surface area contributed by atoms with Gasteiger partial charge in [0.05, 0.1) is 13.7 Å². The number of rotatable bonds is 5. The Labute approximate surface area is 135 Å². The maximum Gasteiger partial charge on any atom is 0.325 e. The van der Waals surface area contributed by atoms with E-state index in [1.165, 1.54) is 0 Å². The molecule has 3 aromatic rings. The van der Waals surface area contributed by atoms with Gasteiger partial charge in [0, 0.05) is 16.6 Å². The molecule has 4 nitrogen and oxygen atoms in total. The Morgan fingerprint density at radius 3 is 2.57 bits per heavy atom. The van der Waals surface area contributed by atoms with Crippen molar-refractivity contribution in [3.8, 4) is 17.0 Å².